The van der Waals surface area contributed by atoms with Crippen molar-refractivity contribution in [3.63, 3.8) is 0 Å². The first-order chi connectivity index (χ1) is 15.8. The highest BCUT2D eigenvalue weighted by molar-refractivity contribution is 5.90. The zero-order valence-corrected chi connectivity index (χ0v) is 19.0. The quantitative estimate of drug-likeness (QED) is 0.322. The van der Waals surface area contributed by atoms with E-state index in [1.165, 1.54) is 32.4 Å². The molecule has 0 aliphatic carbocycles. The van der Waals surface area contributed by atoms with Crippen LogP contribution in [-0.2, 0) is 4.74 Å². The van der Waals surface area contributed by atoms with Gasteiger partial charge >= 0.3 is 5.97 Å². The van der Waals surface area contributed by atoms with Crippen LogP contribution in [0.25, 0.3) is 16.6 Å². The summed E-state index contributed by atoms with van der Waals surface area (Å²) < 4.78 is 13.3. The number of nitrogens with zero attached hydrogens (tertiary/aromatic N) is 3. The van der Waals surface area contributed by atoms with Gasteiger partial charge in [-0.05, 0) is 75.2 Å². The van der Waals surface area contributed by atoms with E-state index in [9.17, 15) is 4.79 Å². The van der Waals surface area contributed by atoms with Gasteiger partial charge in [-0.25, -0.2) is 9.48 Å². The van der Waals surface area contributed by atoms with Gasteiger partial charge in [0, 0.05) is 6.54 Å². The monoisotopic (exact) mass is 435 g/mol. The van der Waals surface area contributed by atoms with Crippen molar-refractivity contribution in [2.75, 3.05) is 32.8 Å². The number of piperidine rings is 1. The Morgan fingerprint density at radius 2 is 1.75 bits per heavy atom. The number of esters is 1. The summed E-state index contributed by atoms with van der Waals surface area (Å²) in [7, 11) is 0. The SMILES string of the molecule is CCCCOC(=O)c1ccc(-n2nc(OCCCN3CCCCC3)c3ccccc32)cc1. The Morgan fingerprint density at radius 1 is 0.969 bits per heavy atom. The van der Waals surface area contributed by atoms with Gasteiger partial charge in [-0.3, -0.25) is 0 Å². The Kier molecular flexibility index (Phi) is 7.77. The summed E-state index contributed by atoms with van der Waals surface area (Å²) in [4.78, 5) is 14.7. The Bertz CT molecular complexity index is 1010. The van der Waals surface area contributed by atoms with Crippen molar-refractivity contribution < 1.29 is 14.3 Å². The van der Waals surface area contributed by atoms with Crippen molar-refractivity contribution >= 4 is 16.9 Å². The number of unbranched alkanes of at least 4 members (excludes halogenated alkanes) is 1. The van der Waals surface area contributed by atoms with Crippen molar-refractivity contribution in [1.82, 2.24) is 14.7 Å². The molecule has 170 valence electrons. The molecule has 0 N–H and O–H groups in total. The molecule has 0 amide bonds. The fourth-order valence-electron chi connectivity index (χ4n) is 4.11. The van der Waals surface area contributed by atoms with Crippen molar-refractivity contribution in [1.29, 1.82) is 0 Å². The number of aromatic nitrogens is 2. The van der Waals surface area contributed by atoms with Crippen LogP contribution in [0, 0.1) is 0 Å². The molecule has 3 aromatic rings. The summed E-state index contributed by atoms with van der Waals surface area (Å²) in [6, 6.07) is 15.5. The Balaban J connectivity index is 1.43. The van der Waals surface area contributed by atoms with Crippen molar-refractivity contribution in [2.45, 2.75) is 45.4 Å². The summed E-state index contributed by atoms with van der Waals surface area (Å²) in [6.07, 6.45) is 6.86. The molecule has 2 aromatic carbocycles. The standard InChI is InChI=1S/C26H33N3O3/c1-2-3-19-32-26(30)21-12-14-22(15-13-21)29-24-11-6-5-10-23(24)25(27-29)31-20-9-18-28-16-7-4-8-17-28/h5-6,10-15H,2-4,7-9,16-20H2,1H3. The Labute approximate surface area is 190 Å². The van der Waals surface area contributed by atoms with E-state index in [0.717, 1.165) is 42.4 Å². The van der Waals surface area contributed by atoms with Crippen LogP contribution < -0.4 is 4.74 Å². The van der Waals surface area contributed by atoms with Crippen LogP contribution in [0.3, 0.4) is 0 Å². The molecule has 6 heteroatoms. The van der Waals surface area contributed by atoms with Crippen LogP contribution in [0.4, 0.5) is 0 Å². The first-order valence-corrected chi connectivity index (χ1v) is 11.9. The van der Waals surface area contributed by atoms with Crippen molar-refractivity contribution in [3.05, 3.63) is 54.1 Å². The number of para-hydroxylation sites is 1. The highest BCUT2D eigenvalue weighted by Gasteiger charge is 2.14. The third-order valence-electron chi connectivity index (χ3n) is 5.94. The second kappa shape index (κ2) is 11.1. The predicted octanol–water partition coefficient (Wildman–Crippen LogP) is 5.24. The summed E-state index contributed by atoms with van der Waals surface area (Å²) in [5.41, 5.74) is 2.42. The van der Waals surface area contributed by atoms with Crippen molar-refractivity contribution in [2.24, 2.45) is 0 Å². The maximum absolute atomic E-state index is 12.2. The van der Waals surface area contributed by atoms with Crippen LogP contribution in [-0.4, -0.2) is 53.5 Å². The van der Waals surface area contributed by atoms with Crippen LogP contribution >= 0.6 is 0 Å². The van der Waals surface area contributed by atoms with Gasteiger partial charge in [0.25, 0.3) is 0 Å². The maximum Gasteiger partial charge on any atom is 0.338 e. The van der Waals surface area contributed by atoms with Crippen molar-refractivity contribution in [3.8, 4) is 11.6 Å². The lowest BCUT2D eigenvalue weighted by molar-refractivity contribution is 0.0499. The molecular formula is C26H33N3O3. The van der Waals surface area contributed by atoms with E-state index in [4.69, 9.17) is 14.6 Å². The first kappa shape index (κ1) is 22.3. The summed E-state index contributed by atoms with van der Waals surface area (Å²) in [5.74, 6) is 0.371. The topological polar surface area (TPSA) is 56.6 Å². The minimum absolute atomic E-state index is 0.284. The van der Waals surface area contributed by atoms with E-state index >= 15 is 0 Å². The minimum atomic E-state index is -0.284. The molecule has 1 aliphatic heterocycles. The highest BCUT2D eigenvalue weighted by atomic mass is 16.5. The average Bonchev–Trinajstić information content (AvgIpc) is 3.21. The molecule has 4 rings (SSSR count). The lowest BCUT2D eigenvalue weighted by atomic mass is 10.1. The number of ether oxygens (including phenoxy) is 2. The first-order valence-electron chi connectivity index (χ1n) is 11.9. The molecular weight excluding hydrogens is 402 g/mol. The molecule has 6 nitrogen and oxygen atoms in total. The van der Waals surface area contributed by atoms with E-state index in [-0.39, 0.29) is 5.97 Å². The van der Waals surface area contributed by atoms with Gasteiger partial charge in [-0.15, -0.1) is 5.10 Å². The fraction of sp³-hybridized carbons (Fsp3) is 0.462. The van der Waals surface area contributed by atoms with Crippen LogP contribution in [0.1, 0.15) is 55.8 Å². The number of carbonyl (C=O) groups is 1. The van der Waals surface area contributed by atoms with Crippen LogP contribution in [0.5, 0.6) is 5.88 Å². The van der Waals surface area contributed by atoms with E-state index in [1.54, 1.807) is 12.1 Å². The lowest BCUT2D eigenvalue weighted by Crippen LogP contribution is -2.31. The molecule has 1 saturated heterocycles. The molecule has 32 heavy (non-hydrogen) atoms. The zero-order valence-electron chi connectivity index (χ0n) is 19.0. The second-order valence-electron chi connectivity index (χ2n) is 8.37. The summed E-state index contributed by atoms with van der Waals surface area (Å²) in [6.45, 7) is 6.68. The maximum atomic E-state index is 12.2. The number of likely N-dealkylation sites (tertiary alicyclic amines) is 1. The summed E-state index contributed by atoms with van der Waals surface area (Å²) in [5, 5.41) is 5.74. The van der Waals surface area contributed by atoms with Gasteiger partial charge in [-0.2, -0.15) is 0 Å². The molecule has 1 aromatic heterocycles. The molecule has 0 spiro atoms. The average molecular weight is 436 g/mol. The Morgan fingerprint density at radius 3 is 2.53 bits per heavy atom. The molecule has 0 bridgehead atoms. The predicted molar refractivity (Wildman–Crippen MR) is 127 cm³/mol. The fourth-order valence-corrected chi connectivity index (χ4v) is 4.11. The van der Waals surface area contributed by atoms with E-state index in [1.807, 2.05) is 41.1 Å². The minimum Gasteiger partial charge on any atom is -0.476 e. The molecule has 1 fully saturated rings. The molecule has 2 heterocycles. The van der Waals surface area contributed by atoms with Gasteiger partial charge < -0.3 is 14.4 Å². The zero-order chi connectivity index (χ0) is 22.2. The van der Waals surface area contributed by atoms with Gasteiger partial charge in [0.1, 0.15) is 0 Å². The normalized spacial score (nSPS) is 14.5. The third-order valence-corrected chi connectivity index (χ3v) is 5.94. The highest BCUT2D eigenvalue weighted by Crippen LogP contribution is 2.27. The largest absolute Gasteiger partial charge is 0.476 e. The van der Waals surface area contributed by atoms with E-state index < -0.39 is 0 Å². The Hall–Kier alpha value is -2.86. The molecule has 0 saturated carbocycles. The van der Waals surface area contributed by atoms with Crippen LogP contribution in [0.15, 0.2) is 48.5 Å². The third kappa shape index (κ3) is 5.49. The van der Waals surface area contributed by atoms with E-state index in [0.29, 0.717) is 24.7 Å². The van der Waals surface area contributed by atoms with Gasteiger partial charge in [0.2, 0.25) is 5.88 Å². The van der Waals surface area contributed by atoms with Gasteiger partial charge in [0.15, 0.2) is 0 Å². The molecule has 0 atom stereocenters. The lowest BCUT2D eigenvalue weighted by Gasteiger charge is -2.26. The van der Waals surface area contributed by atoms with E-state index in [2.05, 4.69) is 11.8 Å². The molecule has 1 aliphatic rings. The smallest absolute Gasteiger partial charge is 0.338 e. The number of carbonyl (C=O) groups excluding carboxylic acids is 1. The second-order valence-corrected chi connectivity index (χ2v) is 8.37. The van der Waals surface area contributed by atoms with Crippen LogP contribution in [0.2, 0.25) is 0 Å². The molecule has 0 unspecified atom stereocenters. The number of fused-ring (bicyclic) bond motifs is 1. The summed E-state index contributed by atoms with van der Waals surface area (Å²) >= 11 is 0. The van der Waals surface area contributed by atoms with Gasteiger partial charge in [-0.1, -0.05) is 31.9 Å². The number of benzene rings is 2. The number of hydrogen-bond acceptors (Lipinski definition) is 5. The number of rotatable bonds is 10. The molecule has 0 radical (unpaired) electrons. The van der Waals surface area contributed by atoms with Gasteiger partial charge in [0.05, 0.1) is 35.4 Å². The number of hydrogen-bond donors (Lipinski definition) is 0.